The molecule has 0 aromatic heterocycles. The van der Waals surface area contributed by atoms with Crippen LogP contribution < -0.4 is 0 Å². The summed E-state index contributed by atoms with van der Waals surface area (Å²) in [5.74, 6) is 0.395. The van der Waals surface area contributed by atoms with Crippen molar-refractivity contribution in [3.05, 3.63) is 29.3 Å². The molecule has 0 spiro atoms. The first-order valence-electron chi connectivity index (χ1n) is 6.37. The van der Waals surface area contributed by atoms with Gasteiger partial charge in [0.15, 0.2) is 0 Å². The fraction of sp³-hybridized carbons (Fsp3) is 0.500. The highest BCUT2D eigenvalue weighted by Gasteiger charge is 2.15. The van der Waals surface area contributed by atoms with E-state index >= 15 is 0 Å². The van der Waals surface area contributed by atoms with Crippen LogP contribution in [0.3, 0.4) is 0 Å². The van der Waals surface area contributed by atoms with E-state index in [0.717, 1.165) is 44.3 Å². The zero-order chi connectivity index (χ0) is 15.2. The van der Waals surface area contributed by atoms with Gasteiger partial charge in [0.25, 0.3) is 0 Å². The summed E-state index contributed by atoms with van der Waals surface area (Å²) < 4.78 is 31.1. The van der Waals surface area contributed by atoms with Gasteiger partial charge in [0.05, 0.1) is 0 Å². The molecule has 0 unspecified atom stereocenters. The van der Waals surface area contributed by atoms with Crippen LogP contribution in [0.25, 0.3) is 0 Å². The van der Waals surface area contributed by atoms with Crippen molar-refractivity contribution >= 4 is 6.41 Å². The molecule has 0 aliphatic carbocycles. The van der Waals surface area contributed by atoms with Crippen LogP contribution in [0.4, 0.5) is 13.2 Å². The number of alkyl halides is 3. The number of phenolic OH excluding ortho intramolecular Hbond substituents is 1. The average molecular weight is 289 g/mol. The van der Waals surface area contributed by atoms with Crippen molar-refractivity contribution < 1.29 is 23.1 Å². The summed E-state index contributed by atoms with van der Waals surface area (Å²) in [5, 5.41) is 9.71. The first-order chi connectivity index (χ1) is 9.31. The minimum absolute atomic E-state index is 0.188. The number of fused-ring (bicyclic) bond motifs is 1. The summed E-state index contributed by atoms with van der Waals surface area (Å²) in [4.78, 5) is 12.5. The van der Waals surface area contributed by atoms with Crippen molar-refractivity contribution in [2.24, 2.45) is 0 Å². The van der Waals surface area contributed by atoms with Gasteiger partial charge in [0.1, 0.15) is 5.75 Å². The molecule has 0 radical (unpaired) electrons. The molecular weight excluding hydrogens is 271 g/mol. The molecule has 1 heterocycles. The van der Waals surface area contributed by atoms with Crippen LogP contribution >= 0.6 is 0 Å². The number of rotatable bonds is 1. The van der Waals surface area contributed by atoms with Gasteiger partial charge in [-0.25, -0.2) is 0 Å². The Morgan fingerprint density at radius 3 is 2.50 bits per heavy atom. The standard InChI is InChI=1S/C12H15NO2.C2H3F3/c14-9-13-7-2-4-11-10(6-8-13)3-1-5-12(11)15;1-2(3,4)5/h1,3,5,9,15H,2,4,6-8H2;1H3. The summed E-state index contributed by atoms with van der Waals surface area (Å²) in [6.45, 7) is 1.73. The van der Waals surface area contributed by atoms with Crippen molar-refractivity contribution in [3.8, 4) is 5.75 Å². The fourth-order valence-corrected chi connectivity index (χ4v) is 2.08. The predicted molar refractivity (Wildman–Crippen MR) is 69.5 cm³/mol. The molecule has 3 nitrogen and oxygen atoms in total. The van der Waals surface area contributed by atoms with Crippen LogP contribution in [-0.2, 0) is 17.6 Å². The maximum atomic E-state index is 10.7. The number of halogens is 3. The third kappa shape index (κ3) is 5.95. The Balaban J connectivity index is 0.000000347. The minimum Gasteiger partial charge on any atom is -0.508 e. The average Bonchev–Trinajstić information content (AvgIpc) is 2.29. The number of hydrogen-bond acceptors (Lipinski definition) is 2. The van der Waals surface area contributed by atoms with Gasteiger partial charge in [0.2, 0.25) is 6.41 Å². The van der Waals surface area contributed by atoms with E-state index in [1.54, 1.807) is 11.0 Å². The van der Waals surface area contributed by atoms with E-state index in [1.165, 1.54) is 5.56 Å². The zero-order valence-electron chi connectivity index (χ0n) is 11.3. The van der Waals surface area contributed by atoms with Crippen molar-refractivity contribution in [1.29, 1.82) is 0 Å². The molecule has 0 bridgehead atoms. The minimum atomic E-state index is -4.00. The summed E-state index contributed by atoms with van der Waals surface area (Å²) in [7, 11) is 0. The van der Waals surface area contributed by atoms with Crippen LogP contribution in [0.5, 0.6) is 5.75 Å². The lowest BCUT2D eigenvalue weighted by molar-refractivity contribution is -0.118. The second-order valence-corrected chi connectivity index (χ2v) is 4.69. The Kier molecular flexibility index (Phi) is 5.85. The van der Waals surface area contributed by atoms with Gasteiger partial charge in [-0.1, -0.05) is 12.1 Å². The molecule has 6 heteroatoms. The van der Waals surface area contributed by atoms with E-state index in [4.69, 9.17) is 0 Å². The van der Waals surface area contributed by atoms with Crippen LogP contribution in [-0.4, -0.2) is 35.7 Å². The van der Waals surface area contributed by atoms with Crippen LogP contribution in [0.2, 0.25) is 0 Å². The molecule has 0 fully saturated rings. The van der Waals surface area contributed by atoms with Gasteiger partial charge in [0, 0.05) is 20.0 Å². The topological polar surface area (TPSA) is 40.5 Å². The fourth-order valence-electron chi connectivity index (χ4n) is 2.08. The lowest BCUT2D eigenvalue weighted by atomic mass is 9.97. The number of nitrogens with zero attached hydrogens (tertiary/aromatic N) is 1. The lowest BCUT2D eigenvalue weighted by Crippen LogP contribution is -2.28. The maximum Gasteiger partial charge on any atom is 0.386 e. The Morgan fingerprint density at radius 2 is 1.90 bits per heavy atom. The third-order valence-corrected chi connectivity index (χ3v) is 2.94. The Bertz CT molecular complexity index is 441. The second-order valence-electron chi connectivity index (χ2n) is 4.69. The molecule has 0 atom stereocenters. The van der Waals surface area contributed by atoms with Crippen LogP contribution in [0, 0.1) is 0 Å². The monoisotopic (exact) mass is 289 g/mol. The van der Waals surface area contributed by atoms with Gasteiger partial charge >= 0.3 is 6.18 Å². The molecule has 2 rings (SSSR count). The number of amides is 1. The normalized spacial score (nSPS) is 15.3. The molecule has 112 valence electrons. The summed E-state index contributed by atoms with van der Waals surface area (Å²) in [5.41, 5.74) is 2.23. The quantitative estimate of drug-likeness (QED) is 0.808. The number of hydrogen-bond donors (Lipinski definition) is 1. The second kappa shape index (κ2) is 7.17. The number of aromatic hydroxyl groups is 1. The molecule has 0 saturated heterocycles. The van der Waals surface area contributed by atoms with Gasteiger partial charge in [-0.2, -0.15) is 13.2 Å². The van der Waals surface area contributed by atoms with Crippen molar-refractivity contribution in [3.63, 3.8) is 0 Å². The predicted octanol–water partition coefficient (Wildman–Crippen LogP) is 2.91. The SMILES string of the molecule is CC(F)(F)F.O=CN1CCCc2c(O)cccc2CC1. The van der Waals surface area contributed by atoms with Gasteiger partial charge in [-0.3, -0.25) is 4.79 Å². The molecule has 1 aliphatic rings. The number of phenols is 1. The van der Waals surface area contributed by atoms with Crippen LogP contribution in [0.15, 0.2) is 18.2 Å². The lowest BCUT2D eigenvalue weighted by Gasteiger charge is -2.22. The first-order valence-corrected chi connectivity index (χ1v) is 6.37. The Labute approximate surface area is 116 Å². The maximum absolute atomic E-state index is 10.7. The van der Waals surface area contributed by atoms with E-state index in [0.29, 0.717) is 5.75 Å². The number of benzene rings is 1. The highest BCUT2D eigenvalue weighted by Crippen LogP contribution is 2.24. The van der Waals surface area contributed by atoms with Crippen molar-refractivity contribution in [1.82, 2.24) is 4.90 Å². The Morgan fingerprint density at radius 1 is 1.25 bits per heavy atom. The van der Waals surface area contributed by atoms with E-state index in [9.17, 15) is 23.1 Å². The van der Waals surface area contributed by atoms with E-state index < -0.39 is 6.18 Å². The molecule has 1 amide bonds. The van der Waals surface area contributed by atoms with E-state index in [2.05, 4.69) is 0 Å². The summed E-state index contributed by atoms with van der Waals surface area (Å²) in [6, 6.07) is 5.63. The number of carbonyl (C=O) groups is 1. The smallest absolute Gasteiger partial charge is 0.386 e. The summed E-state index contributed by atoms with van der Waals surface area (Å²) in [6.07, 6.45) is -0.480. The van der Waals surface area contributed by atoms with Gasteiger partial charge < -0.3 is 10.0 Å². The first kappa shape index (κ1) is 16.3. The molecule has 1 aromatic rings. The zero-order valence-corrected chi connectivity index (χ0v) is 11.3. The highest BCUT2D eigenvalue weighted by molar-refractivity contribution is 5.48. The highest BCUT2D eigenvalue weighted by atomic mass is 19.4. The number of carbonyl (C=O) groups excluding carboxylic acids is 1. The molecule has 1 aromatic carbocycles. The van der Waals surface area contributed by atoms with Crippen molar-refractivity contribution in [2.45, 2.75) is 32.4 Å². The molecule has 1 N–H and O–H groups in total. The molecule has 20 heavy (non-hydrogen) atoms. The third-order valence-electron chi connectivity index (χ3n) is 2.94. The summed E-state index contributed by atoms with van der Waals surface area (Å²) >= 11 is 0. The molecule has 0 saturated carbocycles. The largest absolute Gasteiger partial charge is 0.508 e. The van der Waals surface area contributed by atoms with Gasteiger partial charge in [-0.15, -0.1) is 0 Å². The van der Waals surface area contributed by atoms with Crippen LogP contribution in [0.1, 0.15) is 24.5 Å². The Hall–Kier alpha value is -1.72. The van der Waals surface area contributed by atoms with E-state index in [-0.39, 0.29) is 6.92 Å². The molecular formula is C14H18F3NO2. The molecule has 1 aliphatic heterocycles. The van der Waals surface area contributed by atoms with E-state index in [1.807, 2.05) is 12.1 Å². The van der Waals surface area contributed by atoms with Crippen molar-refractivity contribution in [2.75, 3.05) is 13.1 Å². The van der Waals surface area contributed by atoms with Gasteiger partial charge in [-0.05, 0) is 36.5 Å².